The number of hydrogen-bond donors (Lipinski definition) is 1. The zero-order valence-electron chi connectivity index (χ0n) is 5.82. The molecule has 0 amide bonds. The van der Waals surface area contributed by atoms with Crippen LogP contribution in [-0.2, 0) is 9.53 Å². The first-order valence-corrected chi connectivity index (χ1v) is 3.54. The van der Waals surface area contributed by atoms with Crippen LogP contribution in [0.15, 0.2) is 0 Å². The number of carbonyl (C=O) groups excluding carboxylic acids is 1. The third-order valence-electron chi connectivity index (χ3n) is 1.86. The first kappa shape index (κ1) is 7.69. The third-order valence-corrected chi connectivity index (χ3v) is 1.86. The van der Waals surface area contributed by atoms with Gasteiger partial charge >= 0.3 is 0 Å². The van der Waals surface area contributed by atoms with Crippen molar-refractivity contribution in [1.29, 1.82) is 0 Å². The van der Waals surface area contributed by atoms with Gasteiger partial charge in [0, 0.05) is 13.0 Å². The number of aliphatic hydroxyl groups excluding tert-OH is 1. The van der Waals surface area contributed by atoms with Crippen molar-refractivity contribution in [1.82, 2.24) is 0 Å². The summed E-state index contributed by atoms with van der Waals surface area (Å²) in [6, 6.07) is 0. The van der Waals surface area contributed by atoms with E-state index in [-0.39, 0.29) is 5.92 Å². The van der Waals surface area contributed by atoms with E-state index < -0.39 is 6.10 Å². The van der Waals surface area contributed by atoms with E-state index in [1.54, 1.807) is 0 Å². The highest BCUT2D eigenvalue weighted by Crippen LogP contribution is 2.17. The molecule has 1 saturated heterocycles. The molecule has 58 valence electrons. The molecule has 1 aliphatic heterocycles. The summed E-state index contributed by atoms with van der Waals surface area (Å²) < 4.78 is 4.99. The fourth-order valence-corrected chi connectivity index (χ4v) is 1.17. The van der Waals surface area contributed by atoms with Crippen molar-refractivity contribution in [2.75, 3.05) is 13.2 Å². The summed E-state index contributed by atoms with van der Waals surface area (Å²) in [6.07, 6.45) is 1.70. The normalized spacial score (nSPS) is 33.7. The van der Waals surface area contributed by atoms with Crippen LogP contribution < -0.4 is 0 Å². The highest BCUT2D eigenvalue weighted by molar-refractivity contribution is 5.49. The highest BCUT2D eigenvalue weighted by atomic mass is 16.5. The molecule has 0 aromatic carbocycles. The average molecular weight is 144 g/mol. The molecule has 2 atom stereocenters. The number of hydrogen-bond acceptors (Lipinski definition) is 3. The van der Waals surface area contributed by atoms with Crippen LogP contribution in [0.5, 0.6) is 0 Å². The number of ether oxygens (including phenoxy) is 1. The summed E-state index contributed by atoms with van der Waals surface area (Å²) >= 11 is 0. The van der Waals surface area contributed by atoms with Gasteiger partial charge < -0.3 is 14.6 Å². The van der Waals surface area contributed by atoms with Gasteiger partial charge in [0.15, 0.2) is 0 Å². The van der Waals surface area contributed by atoms with Crippen LogP contribution in [0.3, 0.4) is 0 Å². The van der Waals surface area contributed by atoms with Gasteiger partial charge in [-0.2, -0.15) is 0 Å². The fourth-order valence-electron chi connectivity index (χ4n) is 1.17. The second-order valence-corrected chi connectivity index (χ2v) is 2.59. The summed E-state index contributed by atoms with van der Waals surface area (Å²) in [4.78, 5) is 10.1. The van der Waals surface area contributed by atoms with Crippen molar-refractivity contribution in [2.45, 2.75) is 18.9 Å². The van der Waals surface area contributed by atoms with Gasteiger partial charge in [-0.1, -0.05) is 0 Å². The lowest BCUT2D eigenvalue weighted by Crippen LogP contribution is -2.32. The number of rotatable bonds is 2. The maximum absolute atomic E-state index is 10.1. The van der Waals surface area contributed by atoms with Gasteiger partial charge in [0.05, 0.1) is 12.7 Å². The molecule has 0 spiro atoms. The SMILES string of the molecule is O=CCC1CCOCC1O. The van der Waals surface area contributed by atoms with E-state index >= 15 is 0 Å². The molecular weight excluding hydrogens is 132 g/mol. The zero-order valence-corrected chi connectivity index (χ0v) is 5.82. The molecule has 1 N–H and O–H groups in total. The second kappa shape index (κ2) is 3.68. The van der Waals surface area contributed by atoms with Crippen molar-refractivity contribution in [3.63, 3.8) is 0 Å². The lowest BCUT2D eigenvalue weighted by atomic mass is 9.95. The van der Waals surface area contributed by atoms with Crippen molar-refractivity contribution < 1.29 is 14.6 Å². The lowest BCUT2D eigenvalue weighted by molar-refractivity contribution is -0.111. The molecule has 3 nitrogen and oxygen atoms in total. The molecule has 0 radical (unpaired) electrons. The van der Waals surface area contributed by atoms with E-state index in [0.717, 1.165) is 12.7 Å². The lowest BCUT2D eigenvalue weighted by Gasteiger charge is -2.25. The van der Waals surface area contributed by atoms with Gasteiger partial charge in [-0.25, -0.2) is 0 Å². The largest absolute Gasteiger partial charge is 0.390 e. The molecule has 10 heavy (non-hydrogen) atoms. The Bertz CT molecular complexity index is 113. The van der Waals surface area contributed by atoms with Gasteiger partial charge in [-0.15, -0.1) is 0 Å². The molecule has 2 unspecified atom stereocenters. The van der Waals surface area contributed by atoms with Crippen LogP contribution in [0.25, 0.3) is 0 Å². The quantitative estimate of drug-likeness (QED) is 0.554. The predicted octanol–water partition coefficient (Wildman–Crippen LogP) is -0.0272. The Kier molecular flexibility index (Phi) is 2.83. The summed E-state index contributed by atoms with van der Waals surface area (Å²) in [6.45, 7) is 1.06. The second-order valence-electron chi connectivity index (χ2n) is 2.59. The Morgan fingerprint density at radius 1 is 1.70 bits per heavy atom. The van der Waals surface area contributed by atoms with Crippen molar-refractivity contribution in [3.05, 3.63) is 0 Å². The maximum atomic E-state index is 10.1. The summed E-state index contributed by atoms with van der Waals surface area (Å²) in [7, 11) is 0. The summed E-state index contributed by atoms with van der Waals surface area (Å²) in [5, 5.41) is 9.22. The van der Waals surface area contributed by atoms with E-state index in [9.17, 15) is 9.90 Å². The maximum Gasteiger partial charge on any atom is 0.120 e. The molecule has 0 aromatic rings. The molecule has 1 fully saturated rings. The molecule has 0 aromatic heterocycles. The Morgan fingerprint density at radius 3 is 3.10 bits per heavy atom. The van der Waals surface area contributed by atoms with Crippen molar-refractivity contribution in [3.8, 4) is 0 Å². The minimum atomic E-state index is -0.432. The smallest absolute Gasteiger partial charge is 0.120 e. The average Bonchev–Trinajstić information content (AvgIpc) is 1.94. The first-order valence-electron chi connectivity index (χ1n) is 3.54. The Labute approximate surface area is 60.0 Å². The monoisotopic (exact) mass is 144 g/mol. The number of aldehydes is 1. The third kappa shape index (κ3) is 1.78. The molecule has 1 aliphatic rings. The number of aliphatic hydroxyl groups is 1. The zero-order chi connectivity index (χ0) is 7.40. The fraction of sp³-hybridized carbons (Fsp3) is 0.857. The van der Waals surface area contributed by atoms with E-state index in [0.29, 0.717) is 19.6 Å². The summed E-state index contributed by atoms with van der Waals surface area (Å²) in [5.74, 6) is 0.131. The van der Waals surface area contributed by atoms with E-state index in [1.807, 2.05) is 0 Å². The molecule has 1 heterocycles. The highest BCUT2D eigenvalue weighted by Gasteiger charge is 2.22. The van der Waals surface area contributed by atoms with Crippen molar-refractivity contribution >= 4 is 6.29 Å². The molecule has 0 saturated carbocycles. The van der Waals surface area contributed by atoms with Gasteiger partial charge in [0.1, 0.15) is 6.29 Å². The molecular formula is C7H12O3. The Morgan fingerprint density at radius 2 is 2.50 bits per heavy atom. The van der Waals surface area contributed by atoms with Crippen LogP contribution in [0.4, 0.5) is 0 Å². The standard InChI is InChI=1S/C7H12O3/c8-3-1-6-2-4-10-5-7(6)9/h3,6-7,9H,1-2,4-5H2. The molecule has 0 aliphatic carbocycles. The minimum absolute atomic E-state index is 0.131. The van der Waals surface area contributed by atoms with Gasteiger partial charge in [0.25, 0.3) is 0 Å². The van der Waals surface area contributed by atoms with Crippen LogP contribution in [0.1, 0.15) is 12.8 Å². The predicted molar refractivity (Wildman–Crippen MR) is 35.6 cm³/mol. The molecule has 0 bridgehead atoms. The van der Waals surface area contributed by atoms with Crippen molar-refractivity contribution in [2.24, 2.45) is 5.92 Å². The molecule has 3 heteroatoms. The topological polar surface area (TPSA) is 46.5 Å². The van der Waals surface area contributed by atoms with E-state index in [4.69, 9.17) is 4.74 Å². The molecule has 1 rings (SSSR count). The van der Waals surface area contributed by atoms with Crippen LogP contribution in [0.2, 0.25) is 0 Å². The Hall–Kier alpha value is -0.410. The Balaban J connectivity index is 2.32. The minimum Gasteiger partial charge on any atom is -0.390 e. The van der Waals surface area contributed by atoms with Crippen LogP contribution >= 0.6 is 0 Å². The van der Waals surface area contributed by atoms with Crippen LogP contribution in [0, 0.1) is 5.92 Å². The number of carbonyl (C=O) groups is 1. The van der Waals surface area contributed by atoms with E-state index in [1.165, 1.54) is 0 Å². The van der Waals surface area contributed by atoms with Gasteiger partial charge in [-0.3, -0.25) is 0 Å². The van der Waals surface area contributed by atoms with Gasteiger partial charge in [0.2, 0.25) is 0 Å². The van der Waals surface area contributed by atoms with Crippen LogP contribution in [-0.4, -0.2) is 30.7 Å². The van der Waals surface area contributed by atoms with Gasteiger partial charge in [-0.05, 0) is 12.3 Å². The summed E-state index contributed by atoms with van der Waals surface area (Å²) in [5.41, 5.74) is 0. The first-order chi connectivity index (χ1) is 4.84. The van der Waals surface area contributed by atoms with E-state index in [2.05, 4.69) is 0 Å².